The van der Waals surface area contributed by atoms with Crippen molar-refractivity contribution in [1.82, 2.24) is 10.2 Å². The number of para-hydroxylation sites is 1. The summed E-state index contributed by atoms with van der Waals surface area (Å²) < 4.78 is 5.33. The molecule has 6 heteroatoms. The number of amides is 2. The second-order valence-corrected chi connectivity index (χ2v) is 6.47. The molecule has 0 aromatic heterocycles. The van der Waals surface area contributed by atoms with Gasteiger partial charge in [0.15, 0.2) is 0 Å². The molecule has 0 bridgehead atoms. The zero-order valence-corrected chi connectivity index (χ0v) is 15.0. The van der Waals surface area contributed by atoms with E-state index in [-0.39, 0.29) is 24.8 Å². The Kier molecular flexibility index (Phi) is 6.20. The normalized spacial score (nSPS) is 21.0. The van der Waals surface area contributed by atoms with Crippen molar-refractivity contribution < 1.29 is 19.4 Å². The van der Waals surface area contributed by atoms with E-state index < -0.39 is 5.60 Å². The number of piperidine rings is 1. The Hall–Kier alpha value is -2.34. The van der Waals surface area contributed by atoms with Crippen LogP contribution in [0.5, 0.6) is 5.75 Å². The molecule has 1 aliphatic rings. The first-order chi connectivity index (χ1) is 11.9. The molecule has 1 unspecified atom stereocenters. The standard InChI is InChI=1S/C19H26N2O4/c1-14(15-7-4-5-8-16(15)25-3)11-18(23)21-10-6-9-19(24,13-21)12-17(22)20-2/h4-5,7-8,11,24H,6,9-10,12-13H2,1-3H3,(H,20,22)/b14-11+. The zero-order chi connectivity index (χ0) is 18.4. The highest BCUT2D eigenvalue weighted by molar-refractivity contribution is 5.95. The molecule has 0 radical (unpaired) electrons. The van der Waals surface area contributed by atoms with Gasteiger partial charge in [-0.3, -0.25) is 9.59 Å². The lowest BCUT2D eigenvalue weighted by Crippen LogP contribution is -2.51. The number of carbonyl (C=O) groups is 2. The Morgan fingerprint density at radius 1 is 1.40 bits per heavy atom. The third-order valence-corrected chi connectivity index (χ3v) is 4.51. The molecule has 2 rings (SSSR count). The van der Waals surface area contributed by atoms with Gasteiger partial charge in [0.05, 0.1) is 25.7 Å². The highest BCUT2D eigenvalue weighted by Crippen LogP contribution is 2.27. The van der Waals surface area contributed by atoms with Crippen molar-refractivity contribution in [3.05, 3.63) is 35.9 Å². The summed E-state index contributed by atoms with van der Waals surface area (Å²) in [6.07, 6.45) is 2.74. The van der Waals surface area contributed by atoms with Gasteiger partial charge in [0.1, 0.15) is 5.75 Å². The third kappa shape index (κ3) is 4.82. The number of methoxy groups -OCH3 is 1. The molecule has 2 amide bonds. The summed E-state index contributed by atoms with van der Waals surface area (Å²) in [6, 6.07) is 7.51. The lowest BCUT2D eigenvalue weighted by Gasteiger charge is -2.38. The number of nitrogens with one attached hydrogen (secondary N) is 1. The van der Waals surface area contributed by atoms with Crippen molar-refractivity contribution in [1.29, 1.82) is 0 Å². The van der Waals surface area contributed by atoms with E-state index in [1.807, 2.05) is 31.2 Å². The molecule has 0 spiro atoms. The molecule has 2 N–H and O–H groups in total. The molecule has 1 heterocycles. The summed E-state index contributed by atoms with van der Waals surface area (Å²) in [6.45, 7) is 2.59. The number of hydrogen-bond donors (Lipinski definition) is 2. The van der Waals surface area contributed by atoms with Crippen molar-refractivity contribution in [2.75, 3.05) is 27.2 Å². The minimum Gasteiger partial charge on any atom is -0.496 e. The van der Waals surface area contributed by atoms with Crippen molar-refractivity contribution >= 4 is 17.4 Å². The quantitative estimate of drug-likeness (QED) is 0.794. The van der Waals surface area contributed by atoms with E-state index in [0.717, 1.165) is 11.1 Å². The SMILES string of the molecule is CNC(=O)CC1(O)CCCN(C(=O)/C=C(\C)c2ccccc2OC)C1. The first kappa shape index (κ1) is 19.0. The van der Waals surface area contributed by atoms with Crippen molar-refractivity contribution in [3.8, 4) is 5.75 Å². The minimum absolute atomic E-state index is 0.00246. The molecule has 136 valence electrons. The van der Waals surface area contributed by atoms with Crippen molar-refractivity contribution in [2.24, 2.45) is 0 Å². The number of allylic oxidation sites excluding steroid dienone is 1. The molecule has 1 aromatic rings. The largest absolute Gasteiger partial charge is 0.496 e. The second-order valence-electron chi connectivity index (χ2n) is 6.47. The fourth-order valence-corrected chi connectivity index (χ4v) is 3.16. The lowest BCUT2D eigenvalue weighted by atomic mass is 9.89. The molecular weight excluding hydrogens is 320 g/mol. The van der Waals surface area contributed by atoms with Crippen LogP contribution in [0.4, 0.5) is 0 Å². The molecule has 1 atom stereocenters. The smallest absolute Gasteiger partial charge is 0.246 e. The summed E-state index contributed by atoms with van der Waals surface area (Å²) in [4.78, 5) is 25.8. The first-order valence-electron chi connectivity index (χ1n) is 8.42. The van der Waals surface area contributed by atoms with Crippen molar-refractivity contribution in [2.45, 2.75) is 31.8 Å². The number of aliphatic hydroxyl groups is 1. The van der Waals surface area contributed by atoms with Gasteiger partial charge in [-0.2, -0.15) is 0 Å². The minimum atomic E-state index is -1.17. The number of ether oxygens (including phenoxy) is 1. The van der Waals surface area contributed by atoms with Crippen LogP contribution in [0.2, 0.25) is 0 Å². The van der Waals surface area contributed by atoms with E-state index in [9.17, 15) is 14.7 Å². The summed E-state index contributed by atoms with van der Waals surface area (Å²) >= 11 is 0. The van der Waals surface area contributed by atoms with Gasteiger partial charge in [-0.25, -0.2) is 0 Å². The molecule has 6 nitrogen and oxygen atoms in total. The maximum absolute atomic E-state index is 12.6. The Bertz CT molecular complexity index is 671. The highest BCUT2D eigenvalue weighted by atomic mass is 16.5. The van der Waals surface area contributed by atoms with Crippen LogP contribution in [0.15, 0.2) is 30.3 Å². The second kappa shape index (κ2) is 8.16. The Morgan fingerprint density at radius 3 is 2.80 bits per heavy atom. The molecule has 0 saturated carbocycles. The lowest BCUT2D eigenvalue weighted by molar-refractivity contribution is -0.138. The van der Waals surface area contributed by atoms with Gasteiger partial charge < -0.3 is 20.1 Å². The number of hydrogen-bond acceptors (Lipinski definition) is 4. The number of carbonyl (C=O) groups excluding carboxylic acids is 2. The van der Waals surface area contributed by atoms with Crippen molar-refractivity contribution in [3.63, 3.8) is 0 Å². The van der Waals surface area contributed by atoms with Crippen LogP contribution in [0, 0.1) is 0 Å². The summed E-state index contributed by atoms with van der Waals surface area (Å²) in [5.41, 5.74) is 0.485. The number of rotatable bonds is 5. The van der Waals surface area contributed by atoms with Gasteiger partial charge >= 0.3 is 0 Å². The maximum Gasteiger partial charge on any atom is 0.246 e. The van der Waals surface area contributed by atoms with Crippen LogP contribution in [-0.4, -0.2) is 54.7 Å². The Morgan fingerprint density at radius 2 is 2.12 bits per heavy atom. The molecular formula is C19H26N2O4. The molecule has 0 aliphatic carbocycles. The molecule has 1 aliphatic heterocycles. The molecule has 1 aromatic carbocycles. The number of β-amino-alcohol motifs (C(OH)–C–C–N with tert-alkyl or cyclic N) is 1. The monoisotopic (exact) mass is 346 g/mol. The van der Waals surface area contributed by atoms with Gasteiger partial charge in [-0.15, -0.1) is 0 Å². The Labute approximate surface area is 148 Å². The fraction of sp³-hybridized carbons (Fsp3) is 0.474. The van der Waals surface area contributed by atoms with Crippen LogP contribution < -0.4 is 10.1 Å². The average Bonchev–Trinajstić information content (AvgIpc) is 2.61. The summed E-state index contributed by atoms with van der Waals surface area (Å²) in [7, 11) is 3.13. The van der Waals surface area contributed by atoms with Gasteiger partial charge in [0.25, 0.3) is 0 Å². The van der Waals surface area contributed by atoms with Crippen LogP contribution in [-0.2, 0) is 9.59 Å². The van der Waals surface area contributed by atoms with Gasteiger partial charge in [0.2, 0.25) is 11.8 Å². The van der Waals surface area contributed by atoms with E-state index in [0.29, 0.717) is 25.1 Å². The van der Waals surface area contributed by atoms with Gasteiger partial charge in [0, 0.05) is 25.2 Å². The Balaban J connectivity index is 2.12. The van der Waals surface area contributed by atoms with E-state index >= 15 is 0 Å². The fourth-order valence-electron chi connectivity index (χ4n) is 3.16. The zero-order valence-electron chi connectivity index (χ0n) is 15.0. The third-order valence-electron chi connectivity index (χ3n) is 4.51. The van der Waals surface area contributed by atoms with Crippen LogP contribution in [0.25, 0.3) is 5.57 Å². The van der Waals surface area contributed by atoms with Crippen LogP contribution >= 0.6 is 0 Å². The highest BCUT2D eigenvalue weighted by Gasteiger charge is 2.36. The number of likely N-dealkylation sites (tertiary alicyclic amines) is 1. The van der Waals surface area contributed by atoms with Crippen LogP contribution in [0.3, 0.4) is 0 Å². The number of nitrogens with zero attached hydrogens (tertiary/aromatic N) is 1. The van der Waals surface area contributed by atoms with Gasteiger partial charge in [-0.1, -0.05) is 18.2 Å². The average molecular weight is 346 g/mol. The van der Waals surface area contributed by atoms with E-state index in [1.54, 1.807) is 18.1 Å². The maximum atomic E-state index is 12.6. The van der Waals surface area contributed by atoms with E-state index in [4.69, 9.17) is 4.74 Å². The van der Waals surface area contributed by atoms with E-state index in [2.05, 4.69) is 5.32 Å². The molecule has 1 fully saturated rings. The molecule has 1 saturated heterocycles. The summed E-state index contributed by atoms with van der Waals surface area (Å²) in [5, 5.41) is 13.1. The molecule has 25 heavy (non-hydrogen) atoms. The predicted octanol–water partition coefficient (Wildman–Crippen LogP) is 1.59. The van der Waals surface area contributed by atoms with Crippen LogP contribution in [0.1, 0.15) is 31.7 Å². The van der Waals surface area contributed by atoms with E-state index in [1.165, 1.54) is 7.05 Å². The predicted molar refractivity (Wildman–Crippen MR) is 96.1 cm³/mol. The summed E-state index contributed by atoms with van der Waals surface area (Å²) in [5.74, 6) is 0.315. The first-order valence-corrected chi connectivity index (χ1v) is 8.42. The van der Waals surface area contributed by atoms with Gasteiger partial charge in [-0.05, 0) is 31.4 Å². The number of benzene rings is 1. The topological polar surface area (TPSA) is 78.9 Å².